The van der Waals surface area contributed by atoms with Crippen LogP contribution in [-0.2, 0) is 11.3 Å². The fourth-order valence-corrected chi connectivity index (χ4v) is 3.82. The number of carbonyl (C=O) groups is 2. The number of benzene rings is 2. The molecule has 0 bridgehead atoms. The standard InChI is InChI=1S/C24H26N4O2/c1-16-4-10-22(11-5-16)27-15-21(13-23(27)29)25-24(30)20-8-6-19(7-9-20)14-28-18(3)12-17(2)26-28/h4-12,21H,13-15H2,1-3H3,(H,25,30). The van der Waals surface area contributed by atoms with E-state index in [1.54, 1.807) is 4.90 Å². The van der Waals surface area contributed by atoms with Crippen LogP contribution in [0, 0.1) is 20.8 Å². The van der Waals surface area contributed by atoms with Gasteiger partial charge in [0.1, 0.15) is 0 Å². The Labute approximate surface area is 176 Å². The summed E-state index contributed by atoms with van der Waals surface area (Å²) >= 11 is 0. The maximum Gasteiger partial charge on any atom is 0.251 e. The number of amides is 2. The molecule has 0 spiro atoms. The van der Waals surface area contributed by atoms with Gasteiger partial charge in [-0.25, -0.2) is 0 Å². The lowest BCUT2D eigenvalue weighted by Gasteiger charge is -2.17. The van der Waals surface area contributed by atoms with Gasteiger partial charge in [0.2, 0.25) is 5.91 Å². The van der Waals surface area contributed by atoms with E-state index < -0.39 is 0 Å². The van der Waals surface area contributed by atoms with Crippen LogP contribution in [0.4, 0.5) is 5.69 Å². The van der Waals surface area contributed by atoms with Gasteiger partial charge in [0.05, 0.1) is 18.3 Å². The Morgan fingerprint density at radius 3 is 2.40 bits per heavy atom. The highest BCUT2D eigenvalue weighted by molar-refractivity contribution is 5.99. The molecule has 6 nitrogen and oxygen atoms in total. The largest absolute Gasteiger partial charge is 0.347 e. The SMILES string of the molecule is Cc1ccc(N2CC(NC(=O)c3ccc(Cn4nc(C)cc4C)cc3)CC2=O)cc1. The lowest BCUT2D eigenvalue weighted by atomic mass is 10.1. The number of anilines is 1. The van der Waals surface area contributed by atoms with Crippen LogP contribution in [0.1, 0.15) is 39.3 Å². The second-order valence-corrected chi connectivity index (χ2v) is 8.00. The second-order valence-electron chi connectivity index (χ2n) is 8.00. The number of aryl methyl sites for hydroxylation is 3. The molecule has 1 unspecified atom stereocenters. The molecule has 2 amide bonds. The lowest BCUT2D eigenvalue weighted by Crippen LogP contribution is -2.37. The van der Waals surface area contributed by atoms with E-state index in [0.717, 1.165) is 28.2 Å². The van der Waals surface area contributed by atoms with E-state index in [2.05, 4.69) is 10.4 Å². The maximum atomic E-state index is 12.7. The fraction of sp³-hybridized carbons (Fsp3) is 0.292. The predicted molar refractivity (Wildman–Crippen MR) is 117 cm³/mol. The number of hydrogen-bond donors (Lipinski definition) is 1. The molecule has 1 aliphatic heterocycles. The normalized spacial score (nSPS) is 16.2. The fourth-order valence-electron chi connectivity index (χ4n) is 3.82. The molecule has 154 valence electrons. The Kier molecular flexibility index (Phi) is 5.40. The van der Waals surface area contributed by atoms with Crippen LogP contribution < -0.4 is 10.2 Å². The van der Waals surface area contributed by atoms with E-state index >= 15 is 0 Å². The summed E-state index contributed by atoms with van der Waals surface area (Å²) in [5.41, 5.74) is 5.80. The first-order chi connectivity index (χ1) is 14.4. The predicted octanol–water partition coefficient (Wildman–Crippen LogP) is 3.39. The van der Waals surface area contributed by atoms with Crippen molar-refractivity contribution in [3.8, 4) is 0 Å². The smallest absolute Gasteiger partial charge is 0.251 e. The molecule has 6 heteroatoms. The molecule has 1 saturated heterocycles. The second kappa shape index (κ2) is 8.14. The zero-order valence-electron chi connectivity index (χ0n) is 17.6. The Morgan fingerprint density at radius 2 is 1.77 bits per heavy atom. The maximum absolute atomic E-state index is 12.7. The van der Waals surface area contributed by atoms with Gasteiger partial charge in [-0.15, -0.1) is 0 Å². The average molecular weight is 402 g/mol. The highest BCUT2D eigenvalue weighted by Gasteiger charge is 2.31. The van der Waals surface area contributed by atoms with E-state index in [4.69, 9.17) is 0 Å². The Bertz CT molecular complexity index is 1070. The van der Waals surface area contributed by atoms with Gasteiger partial charge >= 0.3 is 0 Å². The Morgan fingerprint density at radius 1 is 1.07 bits per heavy atom. The molecule has 30 heavy (non-hydrogen) atoms. The van der Waals surface area contributed by atoms with E-state index in [9.17, 15) is 9.59 Å². The molecule has 4 rings (SSSR count). The molecule has 0 aliphatic carbocycles. The molecule has 0 radical (unpaired) electrons. The minimum Gasteiger partial charge on any atom is -0.347 e. The molecule has 0 saturated carbocycles. The summed E-state index contributed by atoms with van der Waals surface area (Å²) in [6.45, 7) is 7.18. The molecule has 3 aromatic rings. The van der Waals surface area contributed by atoms with E-state index in [1.165, 1.54) is 0 Å². The van der Waals surface area contributed by atoms with Gasteiger partial charge in [0, 0.05) is 29.9 Å². The number of rotatable bonds is 5. The summed E-state index contributed by atoms with van der Waals surface area (Å²) in [7, 11) is 0. The van der Waals surface area contributed by atoms with Crippen molar-refractivity contribution in [3.63, 3.8) is 0 Å². The van der Waals surface area contributed by atoms with Crippen molar-refractivity contribution < 1.29 is 9.59 Å². The minimum absolute atomic E-state index is 0.0318. The highest BCUT2D eigenvalue weighted by Crippen LogP contribution is 2.22. The van der Waals surface area contributed by atoms with Crippen molar-refractivity contribution in [3.05, 3.63) is 82.7 Å². The number of aromatic nitrogens is 2. The number of hydrogen-bond acceptors (Lipinski definition) is 3. The minimum atomic E-state index is -0.194. The zero-order valence-corrected chi connectivity index (χ0v) is 17.6. The van der Waals surface area contributed by atoms with Crippen molar-refractivity contribution in [2.24, 2.45) is 0 Å². The number of nitrogens with one attached hydrogen (secondary N) is 1. The first-order valence-electron chi connectivity index (χ1n) is 10.2. The van der Waals surface area contributed by atoms with Crippen LogP contribution in [-0.4, -0.2) is 34.2 Å². The Hall–Kier alpha value is -3.41. The van der Waals surface area contributed by atoms with E-state index in [-0.39, 0.29) is 17.9 Å². The van der Waals surface area contributed by atoms with Crippen LogP contribution in [0.2, 0.25) is 0 Å². The van der Waals surface area contributed by atoms with Crippen molar-refractivity contribution >= 4 is 17.5 Å². The van der Waals surface area contributed by atoms with Gasteiger partial charge in [0.15, 0.2) is 0 Å². The van der Waals surface area contributed by atoms with Crippen LogP contribution in [0.3, 0.4) is 0 Å². The lowest BCUT2D eigenvalue weighted by molar-refractivity contribution is -0.117. The summed E-state index contributed by atoms with van der Waals surface area (Å²) in [4.78, 5) is 26.8. The summed E-state index contributed by atoms with van der Waals surface area (Å²) in [5, 5.41) is 7.48. The van der Waals surface area contributed by atoms with Gasteiger partial charge in [-0.1, -0.05) is 29.8 Å². The summed E-state index contributed by atoms with van der Waals surface area (Å²) in [5.74, 6) is -0.124. The third-order valence-corrected chi connectivity index (χ3v) is 5.46. The van der Waals surface area contributed by atoms with Crippen LogP contribution in [0.5, 0.6) is 0 Å². The van der Waals surface area contributed by atoms with E-state index in [1.807, 2.05) is 80.1 Å². The van der Waals surface area contributed by atoms with Crippen LogP contribution in [0.15, 0.2) is 54.6 Å². The number of nitrogens with zero attached hydrogens (tertiary/aromatic N) is 3. The van der Waals surface area contributed by atoms with Crippen molar-refractivity contribution in [1.82, 2.24) is 15.1 Å². The van der Waals surface area contributed by atoms with Crippen molar-refractivity contribution in [2.75, 3.05) is 11.4 Å². The zero-order chi connectivity index (χ0) is 21.3. The van der Waals surface area contributed by atoms with Gasteiger partial charge in [0.25, 0.3) is 5.91 Å². The molecule has 1 aliphatic rings. The average Bonchev–Trinajstić information content (AvgIpc) is 3.23. The molecular formula is C24H26N4O2. The third kappa shape index (κ3) is 4.27. The summed E-state index contributed by atoms with van der Waals surface area (Å²) in [6, 6.07) is 17.3. The molecule has 2 aromatic carbocycles. The monoisotopic (exact) mass is 402 g/mol. The molecule has 1 N–H and O–H groups in total. The van der Waals surface area contributed by atoms with Gasteiger partial charge < -0.3 is 10.2 Å². The first-order valence-corrected chi connectivity index (χ1v) is 10.2. The van der Waals surface area contributed by atoms with Gasteiger partial charge in [-0.2, -0.15) is 5.10 Å². The topological polar surface area (TPSA) is 67.2 Å². The quantitative estimate of drug-likeness (QED) is 0.711. The first kappa shape index (κ1) is 19.9. The molecule has 2 heterocycles. The summed E-state index contributed by atoms with van der Waals surface area (Å²) in [6.07, 6.45) is 0.315. The van der Waals surface area contributed by atoms with Crippen LogP contribution >= 0.6 is 0 Å². The Balaban J connectivity index is 1.37. The molecule has 1 atom stereocenters. The highest BCUT2D eigenvalue weighted by atomic mass is 16.2. The van der Waals surface area contributed by atoms with Crippen molar-refractivity contribution in [2.45, 2.75) is 39.8 Å². The molecule has 1 aromatic heterocycles. The van der Waals surface area contributed by atoms with Crippen LogP contribution in [0.25, 0.3) is 0 Å². The number of carbonyl (C=O) groups excluding carboxylic acids is 2. The van der Waals surface area contributed by atoms with E-state index in [0.29, 0.717) is 25.1 Å². The van der Waals surface area contributed by atoms with Gasteiger partial charge in [-0.3, -0.25) is 14.3 Å². The third-order valence-electron chi connectivity index (χ3n) is 5.46. The van der Waals surface area contributed by atoms with Crippen molar-refractivity contribution in [1.29, 1.82) is 0 Å². The van der Waals surface area contributed by atoms with Gasteiger partial charge in [-0.05, 0) is 56.7 Å². The molecular weight excluding hydrogens is 376 g/mol. The summed E-state index contributed by atoms with van der Waals surface area (Å²) < 4.78 is 1.95. The molecule has 1 fully saturated rings.